The Balaban J connectivity index is 1.93. The SMILES string of the molecule is CC(C)[C@H](N)C(=O)N(C)CC1COc2ccccc2O1. The smallest absolute Gasteiger partial charge is 0.239 e. The maximum atomic E-state index is 12.1. The lowest BCUT2D eigenvalue weighted by Crippen LogP contribution is -2.49. The summed E-state index contributed by atoms with van der Waals surface area (Å²) in [4.78, 5) is 13.7. The van der Waals surface area contributed by atoms with Crippen LogP contribution >= 0.6 is 0 Å². The van der Waals surface area contributed by atoms with Crippen molar-refractivity contribution >= 4 is 5.91 Å². The largest absolute Gasteiger partial charge is 0.486 e. The summed E-state index contributed by atoms with van der Waals surface area (Å²) in [6.07, 6.45) is -0.168. The van der Waals surface area contributed by atoms with Gasteiger partial charge < -0.3 is 20.1 Å². The van der Waals surface area contributed by atoms with E-state index < -0.39 is 6.04 Å². The summed E-state index contributed by atoms with van der Waals surface area (Å²) >= 11 is 0. The average Bonchev–Trinajstić information content (AvgIpc) is 2.45. The number of nitrogens with two attached hydrogens (primary N) is 1. The zero-order valence-electron chi connectivity index (χ0n) is 12.2. The van der Waals surface area contributed by atoms with E-state index in [1.54, 1.807) is 11.9 Å². The fourth-order valence-corrected chi connectivity index (χ4v) is 2.09. The molecule has 0 radical (unpaired) electrons. The lowest BCUT2D eigenvalue weighted by atomic mass is 10.0. The molecule has 0 saturated heterocycles. The second-order valence-electron chi connectivity index (χ2n) is 5.49. The fraction of sp³-hybridized carbons (Fsp3) is 0.533. The molecule has 0 bridgehead atoms. The van der Waals surface area contributed by atoms with Gasteiger partial charge in [-0.1, -0.05) is 26.0 Å². The van der Waals surface area contributed by atoms with Gasteiger partial charge in [0.1, 0.15) is 6.61 Å². The van der Waals surface area contributed by atoms with Crippen LogP contribution in [0.3, 0.4) is 0 Å². The van der Waals surface area contributed by atoms with Crippen molar-refractivity contribution < 1.29 is 14.3 Å². The lowest BCUT2D eigenvalue weighted by molar-refractivity contribution is -0.133. The highest BCUT2D eigenvalue weighted by Gasteiger charge is 2.26. The third kappa shape index (κ3) is 3.22. The van der Waals surface area contributed by atoms with E-state index in [9.17, 15) is 4.79 Å². The maximum Gasteiger partial charge on any atom is 0.239 e. The molecular formula is C15H22N2O3. The predicted molar refractivity (Wildman–Crippen MR) is 76.8 cm³/mol. The van der Waals surface area contributed by atoms with Crippen molar-refractivity contribution in [2.75, 3.05) is 20.2 Å². The predicted octanol–water partition coefficient (Wildman–Crippen LogP) is 1.27. The van der Waals surface area contributed by atoms with E-state index in [1.807, 2.05) is 38.1 Å². The van der Waals surface area contributed by atoms with Crippen LogP contribution in [-0.2, 0) is 4.79 Å². The Labute approximate surface area is 119 Å². The van der Waals surface area contributed by atoms with Gasteiger partial charge in [0, 0.05) is 7.05 Å². The zero-order valence-corrected chi connectivity index (χ0v) is 12.2. The number of carbonyl (C=O) groups is 1. The molecule has 2 N–H and O–H groups in total. The summed E-state index contributed by atoms with van der Waals surface area (Å²) in [5, 5.41) is 0. The molecule has 1 aliphatic rings. The topological polar surface area (TPSA) is 64.8 Å². The molecule has 0 aromatic heterocycles. The highest BCUT2D eigenvalue weighted by atomic mass is 16.6. The lowest BCUT2D eigenvalue weighted by Gasteiger charge is -2.31. The first-order valence-electron chi connectivity index (χ1n) is 6.88. The molecule has 1 amide bonds. The van der Waals surface area contributed by atoms with Gasteiger partial charge in [0.15, 0.2) is 17.6 Å². The summed E-state index contributed by atoms with van der Waals surface area (Å²) in [6, 6.07) is 7.06. The molecule has 5 nitrogen and oxygen atoms in total. The molecule has 1 aliphatic heterocycles. The second-order valence-corrected chi connectivity index (χ2v) is 5.49. The number of rotatable bonds is 4. The van der Waals surface area contributed by atoms with E-state index in [2.05, 4.69) is 0 Å². The second kappa shape index (κ2) is 6.13. The molecule has 20 heavy (non-hydrogen) atoms. The molecule has 110 valence electrons. The number of carbonyl (C=O) groups excluding carboxylic acids is 1. The van der Waals surface area contributed by atoms with Crippen molar-refractivity contribution in [3.8, 4) is 11.5 Å². The summed E-state index contributed by atoms with van der Waals surface area (Å²) in [5.74, 6) is 1.52. The Bertz CT molecular complexity index is 476. The van der Waals surface area contributed by atoms with Gasteiger partial charge in [0.2, 0.25) is 5.91 Å². The normalized spacial score (nSPS) is 18.8. The number of likely N-dealkylation sites (N-methyl/N-ethyl adjacent to an activating group) is 1. The number of amides is 1. The van der Waals surface area contributed by atoms with Crippen molar-refractivity contribution in [2.45, 2.75) is 26.0 Å². The standard InChI is InChI=1S/C15H22N2O3/c1-10(2)14(16)15(18)17(3)8-11-9-19-12-6-4-5-7-13(12)20-11/h4-7,10-11,14H,8-9,16H2,1-3H3/t11?,14-/m0/s1. The summed E-state index contributed by atoms with van der Waals surface area (Å²) in [5.41, 5.74) is 5.88. The first kappa shape index (κ1) is 14.7. The van der Waals surface area contributed by atoms with Crippen LogP contribution in [0.25, 0.3) is 0 Å². The minimum absolute atomic E-state index is 0.0672. The fourth-order valence-electron chi connectivity index (χ4n) is 2.09. The molecule has 2 atom stereocenters. The van der Waals surface area contributed by atoms with E-state index in [0.717, 1.165) is 11.5 Å². The summed E-state index contributed by atoms with van der Waals surface area (Å²) < 4.78 is 11.5. The highest BCUT2D eigenvalue weighted by Crippen LogP contribution is 2.30. The first-order chi connectivity index (χ1) is 9.49. The van der Waals surface area contributed by atoms with Gasteiger partial charge in [-0.25, -0.2) is 0 Å². The third-order valence-electron chi connectivity index (χ3n) is 3.42. The Morgan fingerprint density at radius 3 is 2.70 bits per heavy atom. The van der Waals surface area contributed by atoms with E-state index in [4.69, 9.17) is 15.2 Å². The number of benzene rings is 1. The summed E-state index contributed by atoms with van der Waals surface area (Å²) in [7, 11) is 1.74. The monoisotopic (exact) mass is 278 g/mol. The number of ether oxygens (including phenoxy) is 2. The van der Waals surface area contributed by atoms with Crippen LogP contribution in [-0.4, -0.2) is 43.2 Å². The quantitative estimate of drug-likeness (QED) is 0.900. The van der Waals surface area contributed by atoms with Crippen LogP contribution in [0.1, 0.15) is 13.8 Å². The van der Waals surface area contributed by atoms with Gasteiger partial charge in [-0.15, -0.1) is 0 Å². The van der Waals surface area contributed by atoms with Gasteiger partial charge in [-0.3, -0.25) is 4.79 Å². The van der Waals surface area contributed by atoms with Gasteiger partial charge in [-0.05, 0) is 18.1 Å². The Morgan fingerprint density at radius 1 is 1.40 bits per heavy atom. The molecule has 5 heteroatoms. The summed E-state index contributed by atoms with van der Waals surface area (Å²) in [6.45, 7) is 4.78. The van der Waals surface area contributed by atoms with Crippen molar-refractivity contribution in [1.29, 1.82) is 0 Å². The minimum atomic E-state index is -0.475. The van der Waals surface area contributed by atoms with Crippen LogP contribution in [0, 0.1) is 5.92 Å². The van der Waals surface area contributed by atoms with E-state index in [1.165, 1.54) is 0 Å². The van der Waals surface area contributed by atoms with Gasteiger partial charge in [0.05, 0.1) is 12.6 Å². The molecule has 1 unspecified atom stereocenters. The highest BCUT2D eigenvalue weighted by molar-refractivity contribution is 5.81. The van der Waals surface area contributed by atoms with Crippen LogP contribution < -0.4 is 15.2 Å². The van der Waals surface area contributed by atoms with E-state index in [0.29, 0.717) is 13.2 Å². The Hall–Kier alpha value is -1.75. The van der Waals surface area contributed by atoms with Crippen LogP contribution in [0.15, 0.2) is 24.3 Å². The molecule has 0 spiro atoms. The van der Waals surface area contributed by atoms with Crippen LogP contribution in [0.2, 0.25) is 0 Å². The number of fused-ring (bicyclic) bond motifs is 1. The van der Waals surface area contributed by atoms with Crippen molar-refractivity contribution in [3.05, 3.63) is 24.3 Å². The Kier molecular flexibility index (Phi) is 4.49. The Morgan fingerprint density at radius 2 is 2.05 bits per heavy atom. The molecule has 1 aromatic rings. The molecular weight excluding hydrogens is 256 g/mol. The average molecular weight is 278 g/mol. The molecule has 1 heterocycles. The zero-order chi connectivity index (χ0) is 14.7. The van der Waals surface area contributed by atoms with Gasteiger partial charge >= 0.3 is 0 Å². The van der Waals surface area contributed by atoms with Crippen molar-refractivity contribution in [3.63, 3.8) is 0 Å². The molecule has 2 rings (SSSR count). The van der Waals surface area contributed by atoms with E-state index >= 15 is 0 Å². The first-order valence-corrected chi connectivity index (χ1v) is 6.88. The van der Waals surface area contributed by atoms with Crippen LogP contribution in [0.4, 0.5) is 0 Å². The van der Waals surface area contributed by atoms with E-state index in [-0.39, 0.29) is 17.9 Å². The van der Waals surface area contributed by atoms with Crippen LogP contribution in [0.5, 0.6) is 11.5 Å². The number of para-hydroxylation sites is 2. The van der Waals surface area contributed by atoms with Crippen molar-refractivity contribution in [2.24, 2.45) is 11.7 Å². The van der Waals surface area contributed by atoms with Gasteiger partial charge in [-0.2, -0.15) is 0 Å². The number of nitrogens with zero attached hydrogens (tertiary/aromatic N) is 1. The molecule has 0 fully saturated rings. The number of hydrogen-bond acceptors (Lipinski definition) is 4. The molecule has 0 saturated carbocycles. The van der Waals surface area contributed by atoms with Gasteiger partial charge in [0.25, 0.3) is 0 Å². The molecule has 0 aliphatic carbocycles. The van der Waals surface area contributed by atoms with Crippen molar-refractivity contribution in [1.82, 2.24) is 4.90 Å². The maximum absolute atomic E-state index is 12.1. The molecule has 1 aromatic carbocycles. The minimum Gasteiger partial charge on any atom is -0.486 e. The third-order valence-corrected chi connectivity index (χ3v) is 3.42. The number of hydrogen-bond donors (Lipinski definition) is 1.